The van der Waals surface area contributed by atoms with Crippen LogP contribution in [-0.2, 0) is 0 Å². The quantitative estimate of drug-likeness (QED) is 0.530. The predicted octanol–water partition coefficient (Wildman–Crippen LogP) is 1.41. The molecule has 0 amide bonds. The van der Waals surface area contributed by atoms with Crippen LogP contribution in [0.15, 0.2) is 30.6 Å². The Hall–Kier alpha value is -1.48. The number of hydrazine groups is 1. The van der Waals surface area contributed by atoms with Gasteiger partial charge in [-0.3, -0.25) is 5.01 Å². The number of hydrogen-bond donors (Lipinski definition) is 2. The van der Waals surface area contributed by atoms with E-state index in [1.807, 2.05) is 19.1 Å². The minimum absolute atomic E-state index is 0.965. The fourth-order valence-corrected chi connectivity index (χ4v) is 1.27. The number of hydrogen-bond acceptors (Lipinski definition) is 3. The lowest BCUT2D eigenvalue weighted by Gasteiger charge is -2.16. The highest BCUT2D eigenvalue weighted by Crippen LogP contribution is 2.18. The second kappa shape index (κ2) is 3.96. The molecule has 0 saturated carbocycles. The number of nitrogens with two attached hydrogens (primary N) is 2. The van der Waals surface area contributed by atoms with Crippen LogP contribution in [0.1, 0.15) is 11.1 Å². The van der Waals surface area contributed by atoms with E-state index in [4.69, 9.17) is 11.6 Å². The van der Waals surface area contributed by atoms with Gasteiger partial charge in [-0.1, -0.05) is 17.7 Å². The average molecular weight is 177 g/mol. The molecule has 4 N–H and O–H groups in total. The number of nitrogens with zero attached hydrogens (tertiary/aromatic N) is 1. The molecule has 0 spiro atoms. The summed E-state index contributed by atoms with van der Waals surface area (Å²) < 4.78 is 0. The summed E-state index contributed by atoms with van der Waals surface area (Å²) in [6, 6.07) is 6.08. The molecule has 3 nitrogen and oxygen atoms in total. The Labute approximate surface area is 78.6 Å². The van der Waals surface area contributed by atoms with Crippen molar-refractivity contribution < 1.29 is 0 Å². The molecule has 0 bridgehead atoms. The van der Waals surface area contributed by atoms with Gasteiger partial charge in [0.25, 0.3) is 0 Å². The highest BCUT2D eigenvalue weighted by atomic mass is 15.4. The molecule has 0 fully saturated rings. The van der Waals surface area contributed by atoms with Crippen LogP contribution in [-0.4, -0.2) is 0 Å². The molecule has 0 heterocycles. The largest absolute Gasteiger partial charge is 0.403 e. The minimum Gasteiger partial charge on any atom is -0.403 e. The van der Waals surface area contributed by atoms with Crippen LogP contribution in [0.2, 0.25) is 0 Å². The van der Waals surface area contributed by atoms with Crippen molar-refractivity contribution in [3.05, 3.63) is 41.7 Å². The molecule has 1 rings (SSSR count). The normalized spacial score (nSPS) is 10.7. The van der Waals surface area contributed by atoms with Gasteiger partial charge in [0, 0.05) is 12.4 Å². The molecule has 0 aliphatic heterocycles. The summed E-state index contributed by atoms with van der Waals surface area (Å²) in [5.74, 6) is 5.72. The van der Waals surface area contributed by atoms with Crippen molar-refractivity contribution in [2.75, 3.05) is 5.01 Å². The summed E-state index contributed by atoms with van der Waals surface area (Å²) in [6.07, 6.45) is 3.04. The van der Waals surface area contributed by atoms with Crippen LogP contribution >= 0.6 is 0 Å². The molecule has 13 heavy (non-hydrogen) atoms. The molecule has 1 aromatic rings. The predicted molar refractivity (Wildman–Crippen MR) is 55.9 cm³/mol. The standard InChI is InChI=1S/C10H15N3/c1-8-3-4-10(9(2)7-8)13(12)6-5-11/h3-7H,11-12H2,1-2H3/b6-5-. The molecule has 0 aliphatic rings. The number of rotatable bonds is 2. The topological polar surface area (TPSA) is 55.3 Å². The summed E-state index contributed by atoms with van der Waals surface area (Å²) >= 11 is 0. The van der Waals surface area contributed by atoms with Crippen molar-refractivity contribution in [3.63, 3.8) is 0 Å². The van der Waals surface area contributed by atoms with E-state index in [2.05, 4.69) is 13.0 Å². The van der Waals surface area contributed by atoms with Crippen LogP contribution in [0, 0.1) is 13.8 Å². The first-order valence-corrected chi connectivity index (χ1v) is 4.14. The van der Waals surface area contributed by atoms with E-state index >= 15 is 0 Å². The SMILES string of the molecule is Cc1ccc(N(N)/C=C\N)c(C)c1. The lowest BCUT2D eigenvalue weighted by Crippen LogP contribution is -2.25. The molecule has 0 atom stereocenters. The third-order valence-electron chi connectivity index (χ3n) is 1.88. The Morgan fingerprint density at radius 2 is 2.00 bits per heavy atom. The molecule has 1 aromatic carbocycles. The second-order valence-electron chi connectivity index (χ2n) is 3.04. The number of anilines is 1. The van der Waals surface area contributed by atoms with Gasteiger partial charge >= 0.3 is 0 Å². The first-order valence-electron chi connectivity index (χ1n) is 4.14. The van der Waals surface area contributed by atoms with Gasteiger partial charge in [0.15, 0.2) is 0 Å². The first kappa shape index (κ1) is 9.61. The highest BCUT2D eigenvalue weighted by Gasteiger charge is 2.01. The van der Waals surface area contributed by atoms with E-state index in [0.717, 1.165) is 11.3 Å². The van der Waals surface area contributed by atoms with E-state index in [9.17, 15) is 0 Å². The Kier molecular flexibility index (Phi) is 2.93. The molecule has 70 valence electrons. The maximum Gasteiger partial charge on any atom is 0.0598 e. The monoisotopic (exact) mass is 177 g/mol. The summed E-state index contributed by atoms with van der Waals surface area (Å²) in [5.41, 5.74) is 8.58. The number of benzene rings is 1. The fraction of sp³-hybridized carbons (Fsp3) is 0.200. The van der Waals surface area contributed by atoms with Crippen molar-refractivity contribution >= 4 is 5.69 Å². The lowest BCUT2D eigenvalue weighted by atomic mass is 10.1. The zero-order valence-corrected chi connectivity index (χ0v) is 7.99. The minimum atomic E-state index is 0.965. The van der Waals surface area contributed by atoms with Gasteiger partial charge in [-0.05, 0) is 25.5 Å². The van der Waals surface area contributed by atoms with Gasteiger partial charge in [-0.15, -0.1) is 0 Å². The zero-order valence-electron chi connectivity index (χ0n) is 7.99. The number of aryl methyl sites for hydroxylation is 2. The van der Waals surface area contributed by atoms with Crippen LogP contribution in [0.5, 0.6) is 0 Å². The van der Waals surface area contributed by atoms with Gasteiger partial charge in [0.1, 0.15) is 0 Å². The van der Waals surface area contributed by atoms with E-state index in [1.54, 1.807) is 6.20 Å². The smallest absolute Gasteiger partial charge is 0.0598 e. The third-order valence-corrected chi connectivity index (χ3v) is 1.88. The Morgan fingerprint density at radius 3 is 2.54 bits per heavy atom. The van der Waals surface area contributed by atoms with E-state index in [1.165, 1.54) is 16.8 Å². The summed E-state index contributed by atoms with van der Waals surface area (Å²) in [5, 5.41) is 1.51. The Balaban J connectivity index is 3.01. The van der Waals surface area contributed by atoms with Crippen molar-refractivity contribution in [2.45, 2.75) is 13.8 Å². The Morgan fingerprint density at radius 1 is 1.31 bits per heavy atom. The molecule has 0 radical (unpaired) electrons. The maximum atomic E-state index is 5.72. The van der Waals surface area contributed by atoms with Crippen molar-refractivity contribution in [3.8, 4) is 0 Å². The van der Waals surface area contributed by atoms with Gasteiger partial charge < -0.3 is 5.73 Å². The van der Waals surface area contributed by atoms with E-state index in [0.29, 0.717) is 0 Å². The summed E-state index contributed by atoms with van der Waals surface area (Å²) in [4.78, 5) is 0. The van der Waals surface area contributed by atoms with Crippen LogP contribution < -0.4 is 16.6 Å². The summed E-state index contributed by atoms with van der Waals surface area (Å²) in [6.45, 7) is 4.07. The molecule has 0 unspecified atom stereocenters. The molecular weight excluding hydrogens is 162 g/mol. The average Bonchev–Trinajstić information content (AvgIpc) is 2.04. The van der Waals surface area contributed by atoms with Crippen LogP contribution in [0.3, 0.4) is 0 Å². The van der Waals surface area contributed by atoms with E-state index < -0.39 is 0 Å². The zero-order chi connectivity index (χ0) is 9.84. The molecule has 3 heteroatoms. The molecule has 0 aromatic heterocycles. The third kappa shape index (κ3) is 2.23. The first-order chi connectivity index (χ1) is 6.15. The lowest BCUT2D eigenvalue weighted by molar-refractivity contribution is 1.06. The van der Waals surface area contributed by atoms with Gasteiger partial charge in [-0.25, -0.2) is 5.84 Å². The van der Waals surface area contributed by atoms with Gasteiger partial charge in [0.05, 0.1) is 5.69 Å². The van der Waals surface area contributed by atoms with Crippen LogP contribution in [0.4, 0.5) is 5.69 Å². The van der Waals surface area contributed by atoms with Gasteiger partial charge in [-0.2, -0.15) is 0 Å². The molecular formula is C10H15N3. The summed E-state index contributed by atoms with van der Waals surface area (Å²) in [7, 11) is 0. The van der Waals surface area contributed by atoms with Crippen molar-refractivity contribution in [1.82, 2.24) is 0 Å². The van der Waals surface area contributed by atoms with Crippen molar-refractivity contribution in [1.29, 1.82) is 0 Å². The Bertz CT molecular complexity index is 318. The van der Waals surface area contributed by atoms with Crippen LogP contribution in [0.25, 0.3) is 0 Å². The highest BCUT2D eigenvalue weighted by molar-refractivity contribution is 5.54. The molecule has 0 saturated heterocycles. The van der Waals surface area contributed by atoms with E-state index in [-0.39, 0.29) is 0 Å². The van der Waals surface area contributed by atoms with Gasteiger partial charge in [0.2, 0.25) is 0 Å². The second-order valence-corrected chi connectivity index (χ2v) is 3.04. The fourth-order valence-electron chi connectivity index (χ4n) is 1.27. The van der Waals surface area contributed by atoms with Crippen molar-refractivity contribution in [2.24, 2.45) is 11.6 Å². The molecule has 0 aliphatic carbocycles. The maximum absolute atomic E-state index is 5.72.